The molecule has 0 bridgehead atoms. The lowest BCUT2D eigenvalue weighted by Crippen LogP contribution is -2.17. The Labute approximate surface area is 171 Å². The van der Waals surface area contributed by atoms with Crippen molar-refractivity contribution >= 4 is 11.8 Å². The van der Waals surface area contributed by atoms with Gasteiger partial charge < -0.3 is 20.5 Å². The van der Waals surface area contributed by atoms with E-state index in [1.54, 1.807) is 12.1 Å². The molecule has 158 valence electrons. The number of nitrogens with zero attached hydrogens (tertiary/aromatic N) is 2. The minimum absolute atomic E-state index is 0.117. The van der Waals surface area contributed by atoms with Crippen LogP contribution in [-0.4, -0.2) is 34.6 Å². The molecular weight excluding hydrogens is 397 g/mol. The van der Waals surface area contributed by atoms with Gasteiger partial charge in [0, 0.05) is 24.7 Å². The number of aromatic nitrogens is 2. The van der Waals surface area contributed by atoms with Crippen LogP contribution in [0.25, 0.3) is 11.3 Å². The van der Waals surface area contributed by atoms with E-state index in [1.807, 2.05) is 31.2 Å². The van der Waals surface area contributed by atoms with Gasteiger partial charge in [0.15, 0.2) is 0 Å². The van der Waals surface area contributed by atoms with E-state index < -0.39 is 6.36 Å². The maximum Gasteiger partial charge on any atom is 0.573 e. The molecule has 0 atom stereocenters. The topological polar surface area (TPSA) is 79.3 Å². The molecule has 1 heterocycles. The Bertz CT molecular complexity index is 996. The first-order chi connectivity index (χ1) is 14.3. The lowest BCUT2D eigenvalue weighted by Gasteiger charge is -2.13. The zero-order valence-electron chi connectivity index (χ0n) is 16.2. The van der Waals surface area contributed by atoms with E-state index in [-0.39, 0.29) is 24.8 Å². The number of aryl methyl sites for hydroxylation is 1. The van der Waals surface area contributed by atoms with Crippen LogP contribution in [0.3, 0.4) is 0 Å². The Kier molecular flexibility index (Phi) is 6.73. The van der Waals surface area contributed by atoms with Crippen molar-refractivity contribution in [3.05, 3.63) is 65.7 Å². The van der Waals surface area contributed by atoms with Crippen LogP contribution in [0.4, 0.5) is 24.9 Å². The van der Waals surface area contributed by atoms with E-state index in [1.165, 1.54) is 18.2 Å². The number of nitrogens with one attached hydrogen (secondary N) is 2. The molecule has 9 heteroatoms. The monoisotopic (exact) mass is 418 g/mol. The van der Waals surface area contributed by atoms with Crippen LogP contribution in [0.5, 0.6) is 5.75 Å². The summed E-state index contributed by atoms with van der Waals surface area (Å²) in [4.78, 5) is 8.70. The predicted octanol–water partition coefficient (Wildman–Crippen LogP) is 4.37. The van der Waals surface area contributed by atoms with Crippen LogP contribution in [0.1, 0.15) is 11.1 Å². The highest BCUT2D eigenvalue weighted by Crippen LogP contribution is 2.28. The quantitative estimate of drug-likeness (QED) is 0.504. The number of ether oxygens (including phenoxy) is 1. The number of aliphatic hydroxyl groups is 1. The van der Waals surface area contributed by atoms with Crippen molar-refractivity contribution in [2.45, 2.75) is 19.8 Å². The molecule has 0 aliphatic heterocycles. The average Bonchev–Trinajstić information content (AvgIpc) is 2.70. The van der Waals surface area contributed by atoms with Crippen LogP contribution in [0.15, 0.2) is 54.6 Å². The van der Waals surface area contributed by atoms with E-state index in [9.17, 15) is 13.2 Å². The summed E-state index contributed by atoms with van der Waals surface area (Å²) in [5.41, 5.74) is 3.03. The molecule has 2 aromatic carbocycles. The van der Waals surface area contributed by atoms with Crippen molar-refractivity contribution in [3.63, 3.8) is 0 Å². The molecule has 0 saturated carbocycles. The van der Waals surface area contributed by atoms with E-state index in [4.69, 9.17) is 5.11 Å². The van der Waals surface area contributed by atoms with E-state index in [2.05, 4.69) is 25.3 Å². The molecule has 0 saturated heterocycles. The summed E-state index contributed by atoms with van der Waals surface area (Å²) in [5.74, 6) is 0.400. The first-order valence-electron chi connectivity index (χ1n) is 9.22. The van der Waals surface area contributed by atoms with E-state index >= 15 is 0 Å². The number of anilines is 2. The van der Waals surface area contributed by atoms with Crippen LogP contribution < -0.4 is 15.4 Å². The number of benzene rings is 2. The fourth-order valence-corrected chi connectivity index (χ4v) is 2.80. The van der Waals surface area contributed by atoms with Gasteiger partial charge in [-0.05, 0) is 24.6 Å². The first kappa shape index (κ1) is 21.4. The van der Waals surface area contributed by atoms with Gasteiger partial charge in [0.25, 0.3) is 0 Å². The van der Waals surface area contributed by atoms with Crippen molar-refractivity contribution in [2.24, 2.45) is 0 Å². The molecule has 0 fully saturated rings. The number of halogens is 3. The summed E-state index contributed by atoms with van der Waals surface area (Å²) in [6.45, 7) is 2.63. The summed E-state index contributed by atoms with van der Waals surface area (Å²) >= 11 is 0. The molecule has 0 amide bonds. The van der Waals surface area contributed by atoms with Crippen LogP contribution in [0, 0.1) is 6.92 Å². The molecule has 0 aliphatic carbocycles. The highest BCUT2D eigenvalue weighted by Gasteiger charge is 2.31. The van der Waals surface area contributed by atoms with Crippen molar-refractivity contribution < 1.29 is 23.0 Å². The van der Waals surface area contributed by atoms with E-state index in [0.717, 1.165) is 11.1 Å². The Morgan fingerprint density at radius 2 is 1.80 bits per heavy atom. The molecule has 0 unspecified atom stereocenters. The number of alkyl halides is 3. The number of hydrogen-bond acceptors (Lipinski definition) is 6. The zero-order chi connectivity index (χ0) is 21.6. The van der Waals surface area contributed by atoms with Crippen LogP contribution in [0.2, 0.25) is 0 Å². The second-order valence-electron chi connectivity index (χ2n) is 6.53. The number of hydrogen-bond donors (Lipinski definition) is 3. The smallest absolute Gasteiger partial charge is 0.406 e. The third-order valence-electron chi connectivity index (χ3n) is 4.04. The van der Waals surface area contributed by atoms with Gasteiger partial charge in [0.05, 0.1) is 12.3 Å². The molecule has 3 rings (SSSR count). The highest BCUT2D eigenvalue weighted by molar-refractivity contribution is 5.66. The van der Waals surface area contributed by atoms with Gasteiger partial charge in [-0.1, -0.05) is 42.0 Å². The molecular formula is C21H21F3N4O2. The molecule has 0 radical (unpaired) electrons. The predicted molar refractivity (Wildman–Crippen MR) is 108 cm³/mol. The average molecular weight is 418 g/mol. The van der Waals surface area contributed by atoms with Crippen LogP contribution >= 0.6 is 0 Å². The van der Waals surface area contributed by atoms with Crippen molar-refractivity contribution in [1.29, 1.82) is 0 Å². The molecule has 1 aromatic heterocycles. The normalized spacial score (nSPS) is 11.2. The van der Waals surface area contributed by atoms with Crippen molar-refractivity contribution in [2.75, 3.05) is 23.8 Å². The molecule has 6 nitrogen and oxygen atoms in total. The third kappa shape index (κ3) is 6.35. The summed E-state index contributed by atoms with van der Waals surface area (Å²) in [5, 5.41) is 15.1. The largest absolute Gasteiger partial charge is 0.573 e. The van der Waals surface area contributed by atoms with Gasteiger partial charge in [-0.2, -0.15) is 4.98 Å². The minimum atomic E-state index is -4.78. The summed E-state index contributed by atoms with van der Waals surface area (Å²) < 4.78 is 41.6. The SMILES string of the molecule is Cc1cccc(CNc2cc(-c3cccc(OC(F)(F)F)c3)nc(NCCO)n2)c1. The number of aliphatic hydroxyl groups excluding tert-OH is 1. The zero-order valence-corrected chi connectivity index (χ0v) is 16.2. The summed E-state index contributed by atoms with van der Waals surface area (Å²) in [6, 6.07) is 15.2. The van der Waals surface area contributed by atoms with E-state index in [0.29, 0.717) is 23.6 Å². The maximum absolute atomic E-state index is 12.5. The Morgan fingerprint density at radius 1 is 1.00 bits per heavy atom. The highest BCUT2D eigenvalue weighted by atomic mass is 19.4. The van der Waals surface area contributed by atoms with Gasteiger partial charge in [-0.3, -0.25) is 0 Å². The molecule has 3 aromatic rings. The lowest BCUT2D eigenvalue weighted by molar-refractivity contribution is -0.274. The fraction of sp³-hybridized carbons (Fsp3) is 0.238. The van der Waals surface area contributed by atoms with Gasteiger partial charge >= 0.3 is 6.36 Å². The standard InChI is InChI=1S/C21H21F3N4O2/c1-14-4-2-5-15(10-14)13-26-19-12-18(27-20(28-19)25-8-9-29)16-6-3-7-17(11-16)30-21(22,23)24/h2-7,10-12,29H,8-9,13H2,1H3,(H2,25,26,27,28). The molecule has 0 aliphatic rings. The fourth-order valence-electron chi connectivity index (χ4n) is 2.80. The van der Waals surface area contributed by atoms with Gasteiger partial charge in [-0.15, -0.1) is 13.2 Å². The second-order valence-corrected chi connectivity index (χ2v) is 6.53. The van der Waals surface area contributed by atoms with Crippen LogP contribution in [-0.2, 0) is 6.54 Å². The van der Waals surface area contributed by atoms with Gasteiger partial charge in [0.1, 0.15) is 11.6 Å². The summed E-state index contributed by atoms with van der Waals surface area (Å²) in [6.07, 6.45) is -4.78. The number of rotatable bonds is 8. The third-order valence-corrected chi connectivity index (χ3v) is 4.04. The molecule has 3 N–H and O–H groups in total. The Morgan fingerprint density at radius 3 is 2.53 bits per heavy atom. The molecule has 30 heavy (non-hydrogen) atoms. The van der Waals surface area contributed by atoms with Crippen molar-refractivity contribution in [1.82, 2.24) is 9.97 Å². The van der Waals surface area contributed by atoms with Gasteiger partial charge in [0.2, 0.25) is 5.95 Å². The van der Waals surface area contributed by atoms with Crippen molar-refractivity contribution in [3.8, 4) is 17.0 Å². The molecule has 0 spiro atoms. The lowest BCUT2D eigenvalue weighted by atomic mass is 10.1. The Hall–Kier alpha value is -3.33. The Balaban J connectivity index is 1.88. The second kappa shape index (κ2) is 9.45. The summed E-state index contributed by atoms with van der Waals surface area (Å²) in [7, 11) is 0. The van der Waals surface area contributed by atoms with Gasteiger partial charge in [-0.25, -0.2) is 4.98 Å². The first-order valence-corrected chi connectivity index (χ1v) is 9.22. The maximum atomic E-state index is 12.5. The minimum Gasteiger partial charge on any atom is -0.406 e.